The molecule has 0 saturated carbocycles. The monoisotopic (exact) mass is 304 g/mol. The maximum absolute atomic E-state index is 13.6. The number of nitrogens with two attached hydrogens (primary N) is 1. The third-order valence-corrected chi connectivity index (χ3v) is 5.80. The summed E-state index contributed by atoms with van der Waals surface area (Å²) < 4.78 is 39.4. The molecule has 2 rings (SSSR count). The lowest BCUT2D eigenvalue weighted by Gasteiger charge is -2.32. The molecular formula is C11H13FN2O3S2. The highest BCUT2D eigenvalue weighted by atomic mass is 32.2. The molecule has 1 aromatic carbocycles. The molecule has 2 N–H and O–H groups in total. The van der Waals surface area contributed by atoms with Crippen LogP contribution in [0.5, 0.6) is 0 Å². The van der Waals surface area contributed by atoms with E-state index in [1.165, 1.54) is 30.0 Å². The van der Waals surface area contributed by atoms with Crippen molar-refractivity contribution in [3.8, 4) is 0 Å². The Labute approximate surface area is 115 Å². The number of nitrogens with zero attached hydrogens (tertiary/aromatic N) is 1. The van der Waals surface area contributed by atoms with Crippen LogP contribution < -0.4 is 5.73 Å². The van der Waals surface area contributed by atoms with Crippen molar-refractivity contribution in [1.29, 1.82) is 0 Å². The van der Waals surface area contributed by atoms with Crippen molar-refractivity contribution in [2.75, 3.05) is 18.1 Å². The van der Waals surface area contributed by atoms with Gasteiger partial charge in [0, 0.05) is 18.1 Å². The summed E-state index contributed by atoms with van der Waals surface area (Å²) >= 11 is 1.45. The molecule has 1 amide bonds. The van der Waals surface area contributed by atoms with Crippen LogP contribution in [0.3, 0.4) is 0 Å². The first-order chi connectivity index (χ1) is 8.94. The van der Waals surface area contributed by atoms with Crippen molar-refractivity contribution in [2.45, 2.75) is 10.9 Å². The van der Waals surface area contributed by atoms with E-state index < -0.39 is 32.7 Å². The van der Waals surface area contributed by atoms with Gasteiger partial charge in [-0.15, -0.1) is 0 Å². The molecular weight excluding hydrogens is 291 g/mol. The van der Waals surface area contributed by atoms with Crippen LogP contribution in [-0.4, -0.2) is 42.7 Å². The largest absolute Gasteiger partial charge is 0.368 e. The zero-order valence-corrected chi connectivity index (χ0v) is 11.6. The summed E-state index contributed by atoms with van der Waals surface area (Å²) in [7, 11) is -4.04. The normalized spacial score (nSPS) is 21.2. The lowest BCUT2D eigenvalue weighted by atomic mass is 10.3. The van der Waals surface area contributed by atoms with Gasteiger partial charge in [0.2, 0.25) is 15.9 Å². The zero-order chi connectivity index (χ0) is 14.0. The van der Waals surface area contributed by atoms with Gasteiger partial charge in [-0.05, 0) is 12.1 Å². The summed E-state index contributed by atoms with van der Waals surface area (Å²) in [6, 6.07) is 4.18. The van der Waals surface area contributed by atoms with Gasteiger partial charge in [0.15, 0.2) is 0 Å². The number of sulfonamides is 1. The van der Waals surface area contributed by atoms with Crippen LogP contribution in [0.4, 0.5) is 4.39 Å². The summed E-state index contributed by atoms with van der Waals surface area (Å²) in [5.41, 5.74) is 5.22. The minimum Gasteiger partial charge on any atom is -0.368 e. The Balaban J connectivity index is 2.43. The molecule has 104 valence electrons. The van der Waals surface area contributed by atoms with Gasteiger partial charge in [-0.25, -0.2) is 12.8 Å². The fraction of sp³-hybridized carbons (Fsp3) is 0.364. The van der Waals surface area contributed by atoms with Gasteiger partial charge in [-0.1, -0.05) is 12.1 Å². The van der Waals surface area contributed by atoms with Crippen LogP contribution in [0.15, 0.2) is 29.2 Å². The number of hydrogen-bond donors (Lipinski definition) is 1. The number of primary amides is 1. The molecule has 1 saturated heterocycles. The van der Waals surface area contributed by atoms with Gasteiger partial charge < -0.3 is 5.73 Å². The second-order valence-corrected chi connectivity index (χ2v) is 7.05. The van der Waals surface area contributed by atoms with E-state index in [4.69, 9.17) is 5.73 Å². The van der Waals surface area contributed by atoms with Gasteiger partial charge >= 0.3 is 0 Å². The Hall–Kier alpha value is -1.12. The average Bonchev–Trinajstić information content (AvgIpc) is 2.39. The molecule has 1 aromatic rings. The van der Waals surface area contributed by atoms with Crippen molar-refractivity contribution in [1.82, 2.24) is 4.31 Å². The molecule has 0 radical (unpaired) electrons. The standard InChI is InChI=1S/C11H13FN2O3S2/c12-8-3-1-2-4-10(8)19(16,17)14-5-6-18-7-9(14)11(13)15/h1-4,9H,5-7H2,(H2,13,15)/t9-/m0/s1. The van der Waals surface area contributed by atoms with Crippen molar-refractivity contribution in [2.24, 2.45) is 5.73 Å². The van der Waals surface area contributed by atoms with Crippen LogP contribution in [-0.2, 0) is 14.8 Å². The van der Waals surface area contributed by atoms with Crippen LogP contribution in [0.1, 0.15) is 0 Å². The second kappa shape index (κ2) is 5.48. The third kappa shape index (κ3) is 2.75. The maximum atomic E-state index is 13.6. The quantitative estimate of drug-likeness (QED) is 0.877. The van der Waals surface area contributed by atoms with Gasteiger partial charge in [-0.3, -0.25) is 4.79 Å². The number of carbonyl (C=O) groups excluding carboxylic acids is 1. The molecule has 0 aromatic heterocycles. The Morgan fingerprint density at radius 1 is 1.42 bits per heavy atom. The molecule has 1 aliphatic rings. The number of rotatable bonds is 3. The smallest absolute Gasteiger partial charge is 0.246 e. The van der Waals surface area contributed by atoms with Crippen molar-refractivity contribution < 1.29 is 17.6 Å². The minimum atomic E-state index is -4.04. The van der Waals surface area contributed by atoms with E-state index in [0.29, 0.717) is 11.5 Å². The molecule has 0 unspecified atom stereocenters. The lowest BCUT2D eigenvalue weighted by molar-refractivity contribution is -0.121. The molecule has 0 spiro atoms. The van der Waals surface area contributed by atoms with Crippen molar-refractivity contribution in [3.63, 3.8) is 0 Å². The molecule has 0 bridgehead atoms. The second-order valence-electron chi connectivity index (χ2n) is 4.04. The predicted molar refractivity (Wildman–Crippen MR) is 70.6 cm³/mol. The third-order valence-electron chi connectivity index (χ3n) is 2.83. The first-order valence-corrected chi connectivity index (χ1v) is 8.17. The summed E-state index contributed by atoms with van der Waals surface area (Å²) in [5, 5.41) is 0. The van der Waals surface area contributed by atoms with E-state index in [9.17, 15) is 17.6 Å². The van der Waals surface area contributed by atoms with Gasteiger partial charge in [0.05, 0.1) is 0 Å². The van der Waals surface area contributed by atoms with Gasteiger partial charge in [0.25, 0.3) is 0 Å². The number of benzene rings is 1. The first-order valence-electron chi connectivity index (χ1n) is 5.58. The van der Waals surface area contributed by atoms with E-state index in [-0.39, 0.29) is 6.54 Å². The molecule has 1 fully saturated rings. The topological polar surface area (TPSA) is 80.5 Å². The summed E-state index contributed by atoms with van der Waals surface area (Å²) in [6.45, 7) is 0.148. The Morgan fingerprint density at radius 3 is 2.74 bits per heavy atom. The Kier molecular flexibility index (Phi) is 4.12. The fourth-order valence-corrected chi connectivity index (χ4v) is 4.81. The summed E-state index contributed by atoms with van der Waals surface area (Å²) in [4.78, 5) is 10.9. The molecule has 1 aliphatic heterocycles. The summed E-state index contributed by atoms with van der Waals surface area (Å²) in [6.07, 6.45) is 0. The van der Waals surface area contributed by atoms with Crippen LogP contribution >= 0.6 is 11.8 Å². The molecule has 1 heterocycles. The number of thioether (sulfide) groups is 1. The van der Waals surface area contributed by atoms with Gasteiger partial charge in [0.1, 0.15) is 16.8 Å². The van der Waals surface area contributed by atoms with Crippen molar-refractivity contribution >= 4 is 27.7 Å². The predicted octanol–water partition coefficient (Wildman–Crippen LogP) is 0.417. The molecule has 1 atom stereocenters. The maximum Gasteiger partial charge on any atom is 0.246 e. The number of halogens is 1. The van der Waals surface area contributed by atoms with E-state index in [0.717, 1.165) is 10.4 Å². The molecule has 0 aliphatic carbocycles. The highest BCUT2D eigenvalue weighted by Crippen LogP contribution is 2.25. The van der Waals surface area contributed by atoms with E-state index in [2.05, 4.69) is 0 Å². The highest BCUT2D eigenvalue weighted by Gasteiger charge is 2.37. The number of carbonyl (C=O) groups is 1. The van der Waals surface area contributed by atoms with Crippen LogP contribution in [0, 0.1) is 5.82 Å². The SMILES string of the molecule is NC(=O)[C@@H]1CSCCN1S(=O)(=O)c1ccccc1F. The number of amides is 1. The Morgan fingerprint density at radius 2 is 2.11 bits per heavy atom. The van der Waals surface area contributed by atoms with Crippen LogP contribution in [0.2, 0.25) is 0 Å². The van der Waals surface area contributed by atoms with E-state index >= 15 is 0 Å². The number of hydrogen-bond acceptors (Lipinski definition) is 4. The molecule has 19 heavy (non-hydrogen) atoms. The van der Waals surface area contributed by atoms with E-state index in [1.807, 2.05) is 0 Å². The lowest BCUT2D eigenvalue weighted by Crippen LogP contribution is -2.52. The zero-order valence-electron chi connectivity index (χ0n) is 9.95. The first kappa shape index (κ1) is 14.3. The van der Waals surface area contributed by atoms with Crippen LogP contribution in [0.25, 0.3) is 0 Å². The van der Waals surface area contributed by atoms with Crippen molar-refractivity contribution in [3.05, 3.63) is 30.1 Å². The average molecular weight is 304 g/mol. The minimum absolute atomic E-state index is 0.148. The van der Waals surface area contributed by atoms with E-state index in [1.54, 1.807) is 0 Å². The fourth-order valence-electron chi connectivity index (χ4n) is 1.88. The summed E-state index contributed by atoms with van der Waals surface area (Å²) in [5.74, 6) is -0.698. The highest BCUT2D eigenvalue weighted by molar-refractivity contribution is 7.99. The molecule has 8 heteroatoms. The Bertz CT molecular complexity index is 591. The molecule has 5 nitrogen and oxygen atoms in total. The van der Waals surface area contributed by atoms with Gasteiger partial charge in [-0.2, -0.15) is 16.1 Å².